The third-order valence-electron chi connectivity index (χ3n) is 2.51. The van der Waals surface area contributed by atoms with Gasteiger partial charge < -0.3 is 10.6 Å². The van der Waals surface area contributed by atoms with E-state index in [1.54, 1.807) is 11.3 Å². The summed E-state index contributed by atoms with van der Waals surface area (Å²) in [4.78, 5) is 6.59. The van der Waals surface area contributed by atoms with Crippen LogP contribution in [0, 0.1) is 12.3 Å². The fourth-order valence-electron chi connectivity index (χ4n) is 1.64. The molecule has 2 aromatic rings. The van der Waals surface area contributed by atoms with Gasteiger partial charge >= 0.3 is 0 Å². The molecule has 1 heterocycles. The molecule has 5 heteroatoms. The zero-order valence-electron chi connectivity index (χ0n) is 10.3. The summed E-state index contributed by atoms with van der Waals surface area (Å²) in [6.07, 6.45) is 0.535. The summed E-state index contributed by atoms with van der Waals surface area (Å²) < 4.78 is 0. The first-order valence-electron chi connectivity index (χ1n) is 5.74. The van der Waals surface area contributed by atoms with Gasteiger partial charge in [-0.15, -0.1) is 11.3 Å². The number of hydrogen-bond acceptors (Lipinski definition) is 4. The first kappa shape index (κ1) is 12.6. The quantitative estimate of drug-likeness (QED) is 0.641. The van der Waals surface area contributed by atoms with Crippen LogP contribution >= 0.6 is 11.3 Å². The number of nitrogens with one attached hydrogen (secondary N) is 1. The number of anilines is 2. The zero-order valence-corrected chi connectivity index (χ0v) is 11.1. The van der Waals surface area contributed by atoms with E-state index in [9.17, 15) is 0 Å². The van der Waals surface area contributed by atoms with E-state index in [0.717, 1.165) is 16.5 Å². The molecule has 0 radical (unpaired) electrons. The van der Waals surface area contributed by atoms with Crippen molar-refractivity contribution in [1.82, 2.24) is 4.98 Å². The van der Waals surface area contributed by atoms with E-state index in [-0.39, 0.29) is 5.84 Å². The lowest BCUT2D eigenvalue weighted by Gasteiger charge is -2.21. The van der Waals surface area contributed by atoms with Crippen LogP contribution in [0.3, 0.4) is 0 Å². The molecule has 4 nitrogen and oxygen atoms in total. The van der Waals surface area contributed by atoms with E-state index < -0.39 is 0 Å². The van der Waals surface area contributed by atoms with E-state index in [1.165, 1.54) is 0 Å². The molecule has 0 saturated heterocycles. The number of nitrogens with two attached hydrogens (primary N) is 1. The molecule has 1 aromatic carbocycles. The number of nitrogens with zero attached hydrogens (tertiary/aromatic N) is 2. The van der Waals surface area contributed by atoms with Crippen molar-refractivity contribution in [3.8, 4) is 0 Å². The number of aryl methyl sites for hydroxylation is 1. The van der Waals surface area contributed by atoms with Gasteiger partial charge in [0.15, 0.2) is 5.13 Å². The van der Waals surface area contributed by atoms with Crippen LogP contribution in [0.25, 0.3) is 0 Å². The van der Waals surface area contributed by atoms with Crippen LogP contribution < -0.4 is 10.6 Å². The average Bonchev–Trinajstić information content (AvgIpc) is 2.77. The third-order valence-corrected chi connectivity index (χ3v) is 3.49. The van der Waals surface area contributed by atoms with E-state index in [2.05, 4.69) is 9.88 Å². The SMILES string of the molecule is Cc1csc(N(CCC(=N)N)c2ccccc2)n1. The van der Waals surface area contributed by atoms with Crippen molar-refractivity contribution in [1.29, 1.82) is 5.41 Å². The van der Waals surface area contributed by atoms with Crippen LogP contribution in [0.4, 0.5) is 10.8 Å². The molecular weight excluding hydrogens is 244 g/mol. The van der Waals surface area contributed by atoms with Crippen molar-refractivity contribution in [2.75, 3.05) is 11.4 Å². The molecule has 0 atom stereocenters. The van der Waals surface area contributed by atoms with Crippen LogP contribution in [0.5, 0.6) is 0 Å². The first-order chi connectivity index (χ1) is 8.66. The van der Waals surface area contributed by atoms with E-state index >= 15 is 0 Å². The summed E-state index contributed by atoms with van der Waals surface area (Å²) in [5.74, 6) is 0.198. The van der Waals surface area contributed by atoms with Crippen LogP contribution in [-0.4, -0.2) is 17.4 Å². The minimum absolute atomic E-state index is 0.198. The summed E-state index contributed by atoms with van der Waals surface area (Å²) in [6, 6.07) is 10.1. The van der Waals surface area contributed by atoms with Crippen LogP contribution in [-0.2, 0) is 0 Å². The largest absolute Gasteiger partial charge is 0.388 e. The highest BCUT2D eigenvalue weighted by molar-refractivity contribution is 7.13. The Bertz CT molecular complexity index is 521. The van der Waals surface area contributed by atoms with Crippen LogP contribution in [0.2, 0.25) is 0 Å². The molecule has 1 aromatic heterocycles. The minimum Gasteiger partial charge on any atom is -0.388 e. The lowest BCUT2D eigenvalue weighted by Crippen LogP contribution is -2.23. The van der Waals surface area contributed by atoms with Crippen molar-refractivity contribution in [3.63, 3.8) is 0 Å². The van der Waals surface area contributed by atoms with E-state index in [4.69, 9.17) is 11.1 Å². The Labute approximate surface area is 111 Å². The van der Waals surface area contributed by atoms with Gasteiger partial charge in [-0.1, -0.05) is 18.2 Å². The number of benzene rings is 1. The van der Waals surface area contributed by atoms with Gasteiger partial charge in [0, 0.05) is 24.0 Å². The van der Waals surface area contributed by atoms with Crippen molar-refractivity contribution < 1.29 is 0 Å². The number of amidine groups is 1. The third kappa shape index (κ3) is 3.07. The molecule has 0 aliphatic rings. The molecule has 0 bridgehead atoms. The maximum absolute atomic E-state index is 7.35. The molecular formula is C13H16N4S. The highest BCUT2D eigenvalue weighted by Gasteiger charge is 2.12. The minimum atomic E-state index is 0.198. The maximum atomic E-state index is 7.35. The van der Waals surface area contributed by atoms with Gasteiger partial charge in [-0.25, -0.2) is 4.98 Å². The summed E-state index contributed by atoms with van der Waals surface area (Å²) in [6.45, 7) is 2.65. The lowest BCUT2D eigenvalue weighted by atomic mass is 10.3. The molecule has 94 valence electrons. The standard InChI is InChI=1S/C13H16N4S/c1-10-9-18-13(16-10)17(8-7-12(14)15)11-5-3-2-4-6-11/h2-6,9H,7-8H2,1H3,(H3,14,15). The Morgan fingerprint density at radius 2 is 2.11 bits per heavy atom. The van der Waals surface area contributed by atoms with Gasteiger partial charge in [-0.3, -0.25) is 5.41 Å². The van der Waals surface area contributed by atoms with Crippen molar-refractivity contribution >= 4 is 28.0 Å². The van der Waals surface area contributed by atoms with Crippen LogP contribution in [0.1, 0.15) is 12.1 Å². The number of hydrogen-bond donors (Lipinski definition) is 2. The fraction of sp³-hybridized carbons (Fsp3) is 0.231. The average molecular weight is 260 g/mol. The highest BCUT2D eigenvalue weighted by atomic mass is 32.1. The predicted octanol–water partition coefficient (Wildman–Crippen LogP) is 2.92. The van der Waals surface area contributed by atoms with E-state index in [1.807, 2.05) is 42.6 Å². The van der Waals surface area contributed by atoms with Crippen molar-refractivity contribution in [2.45, 2.75) is 13.3 Å². The number of para-hydroxylation sites is 1. The van der Waals surface area contributed by atoms with Crippen LogP contribution in [0.15, 0.2) is 35.7 Å². The Balaban J connectivity index is 2.26. The molecule has 0 aliphatic carbocycles. The highest BCUT2D eigenvalue weighted by Crippen LogP contribution is 2.28. The van der Waals surface area contributed by atoms with Crippen molar-refractivity contribution in [2.24, 2.45) is 5.73 Å². The fourth-order valence-corrected chi connectivity index (χ4v) is 2.49. The second kappa shape index (κ2) is 5.64. The first-order valence-corrected chi connectivity index (χ1v) is 6.62. The van der Waals surface area contributed by atoms with Gasteiger partial charge in [-0.05, 0) is 19.1 Å². The summed E-state index contributed by atoms with van der Waals surface area (Å²) in [5.41, 5.74) is 7.53. The normalized spacial score (nSPS) is 10.3. The smallest absolute Gasteiger partial charge is 0.190 e. The Hall–Kier alpha value is -1.88. The molecule has 0 aliphatic heterocycles. The Kier molecular flexibility index (Phi) is 3.94. The van der Waals surface area contributed by atoms with Gasteiger partial charge in [0.05, 0.1) is 11.5 Å². The molecule has 0 fully saturated rings. The summed E-state index contributed by atoms with van der Waals surface area (Å²) in [7, 11) is 0. The van der Waals surface area contributed by atoms with Gasteiger partial charge in [0.2, 0.25) is 0 Å². The van der Waals surface area contributed by atoms with Crippen molar-refractivity contribution in [3.05, 3.63) is 41.4 Å². The number of thiazole rings is 1. The van der Waals surface area contributed by atoms with Gasteiger partial charge in [-0.2, -0.15) is 0 Å². The predicted molar refractivity (Wildman–Crippen MR) is 76.8 cm³/mol. The molecule has 0 saturated carbocycles. The molecule has 0 unspecified atom stereocenters. The lowest BCUT2D eigenvalue weighted by molar-refractivity contribution is 0.943. The maximum Gasteiger partial charge on any atom is 0.190 e. The number of aromatic nitrogens is 1. The number of rotatable bonds is 5. The molecule has 0 amide bonds. The Morgan fingerprint density at radius 3 is 2.67 bits per heavy atom. The van der Waals surface area contributed by atoms with Gasteiger partial charge in [0.1, 0.15) is 0 Å². The summed E-state index contributed by atoms with van der Waals surface area (Å²) >= 11 is 1.61. The monoisotopic (exact) mass is 260 g/mol. The second-order valence-corrected chi connectivity index (χ2v) is 4.87. The molecule has 3 N–H and O–H groups in total. The molecule has 2 rings (SSSR count). The topological polar surface area (TPSA) is 66.0 Å². The summed E-state index contributed by atoms with van der Waals surface area (Å²) in [5, 5.41) is 10.3. The van der Waals surface area contributed by atoms with E-state index in [0.29, 0.717) is 13.0 Å². The Morgan fingerprint density at radius 1 is 1.39 bits per heavy atom. The zero-order chi connectivity index (χ0) is 13.0. The molecule has 18 heavy (non-hydrogen) atoms. The second-order valence-electron chi connectivity index (χ2n) is 4.03. The van der Waals surface area contributed by atoms with Gasteiger partial charge in [0.25, 0.3) is 0 Å². The molecule has 0 spiro atoms.